The normalized spacial score (nSPS) is 24.5. The third-order valence-corrected chi connectivity index (χ3v) is 6.20. The number of aliphatic hydroxyl groups is 1. The van der Waals surface area contributed by atoms with Crippen LogP contribution in [0.2, 0.25) is 0 Å². The SMILES string of the molecule is CCC(CC[C@]1(C)CN(c2cnc(C)cn2)C(O)N1)(c1ccccc1)N(C)C. The molecule has 1 aromatic carbocycles. The number of aromatic nitrogens is 2. The summed E-state index contributed by atoms with van der Waals surface area (Å²) in [6.45, 7) is 7.03. The lowest BCUT2D eigenvalue weighted by molar-refractivity contribution is 0.106. The molecule has 152 valence electrons. The van der Waals surface area contributed by atoms with E-state index in [4.69, 9.17) is 0 Å². The number of hydrogen-bond acceptors (Lipinski definition) is 6. The highest BCUT2D eigenvalue weighted by molar-refractivity contribution is 5.39. The van der Waals surface area contributed by atoms with Gasteiger partial charge in [-0.15, -0.1) is 0 Å². The number of rotatable bonds is 7. The van der Waals surface area contributed by atoms with Gasteiger partial charge in [-0.2, -0.15) is 0 Å². The summed E-state index contributed by atoms with van der Waals surface area (Å²) < 4.78 is 0. The van der Waals surface area contributed by atoms with Crippen molar-refractivity contribution in [2.24, 2.45) is 0 Å². The fourth-order valence-electron chi connectivity index (χ4n) is 4.34. The van der Waals surface area contributed by atoms with Crippen LogP contribution in [-0.2, 0) is 5.54 Å². The standard InChI is InChI=1S/C22H33N5O/c1-6-22(26(4)5,18-10-8-7-9-11-18)13-12-21(3)16-27(20(28)25-21)19-15-23-17(2)14-24-19/h7-11,14-15,20,25,28H,6,12-13,16H2,1-5H3/t20?,21-,22?/m1/s1. The van der Waals surface area contributed by atoms with E-state index in [2.05, 4.69) is 78.5 Å². The molecule has 6 nitrogen and oxygen atoms in total. The summed E-state index contributed by atoms with van der Waals surface area (Å²) in [5.41, 5.74) is 1.96. The van der Waals surface area contributed by atoms with Gasteiger partial charge in [0.05, 0.1) is 18.1 Å². The lowest BCUT2D eigenvalue weighted by atomic mass is 9.78. The van der Waals surface area contributed by atoms with Gasteiger partial charge in [0.25, 0.3) is 0 Å². The lowest BCUT2D eigenvalue weighted by Crippen LogP contribution is -2.47. The van der Waals surface area contributed by atoms with Crippen LogP contribution in [0.25, 0.3) is 0 Å². The summed E-state index contributed by atoms with van der Waals surface area (Å²) >= 11 is 0. The van der Waals surface area contributed by atoms with Crippen molar-refractivity contribution in [3.8, 4) is 0 Å². The van der Waals surface area contributed by atoms with Crippen LogP contribution in [0.5, 0.6) is 0 Å². The number of nitrogens with one attached hydrogen (secondary N) is 1. The molecule has 2 unspecified atom stereocenters. The van der Waals surface area contributed by atoms with Crippen LogP contribution in [0.1, 0.15) is 44.4 Å². The molecule has 2 heterocycles. The van der Waals surface area contributed by atoms with Gasteiger partial charge >= 0.3 is 0 Å². The Morgan fingerprint density at radius 1 is 1.25 bits per heavy atom. The average molecular weight is 384 g/mol. The summed E-state index contributed by atoms with van der Waals surface area (Å²) in [7, 11) is 4.31. The first-order valence-corrected chi connectivity index (χ1v) is 10.0. The van der Waals surface area contributed by atoms with Crippen molar-refractivity contribution in [3.05, 3.63) is 54.0 Å². The van der Waals surface area contributed by atoms with E-state index in [1.165, 1.54) is 5.56 Å². The Balaban J connectivity index is 1.77. The van der Waals surface area contributed by atoms with Crippen molar-refractivity contribution >= 4 is 5.82 Å². The van der Waals surface area contributed by atoms with Crippen LogP contribution in [0.3, 0.4) is 0 Å². The minimum atomic E-state index is -0.755. The molecule has 2 aromatic rings. The maximum absolute atomic E-state index is 10.6. The Kier molecular flexibility index (Phi) is 6.03. The van der Waals surface area contributed by atoms with Gasteiger partial charge in [-0.3, -0.25) is 15.2 Å². The van der Waals surface area contributed by atoms with E-state index in [1.54, 1.807) is 12.4 Å². The minimum Gasteiger partial charge on any atom is -0.361 e. The molecule has 1 aliphatic rings. The molecule has 1 fully saturated rings. The molecule has 3 rings (SSSR count). The smallest absolute Gasteiger partial charge is 0.185 e. The van der Waals surface area contributed by atoms with E-state index in [9.17, 15) is 5.11 Å². The molecule has 2 N–H and O–H groups in total. The second-order valence-electron chi connectivity index (χ2n) is 8.37. The Labute approximate surface area is 168 Å². The van der Waals surface area contributed by atoms with Crippen LogP contribution in [-0.4, -0.2) is 52.5 Å². The van der Waals surface area contributed by atoms with Crippen LogP contribution < -0.4 is 10.2 Å². The van der Waals surface area contributed by atoms with E-state index >= 15 is 0 Å². The zero-order chi connectivity index (χ0) is 20.4. The van der Waals surface area contributed by atoms with Gasteiger partial charge in [0.1, 0.15) is 5.82 Å². The molecular formula is C22H33N5O. The largest absolute Gasteiger partial charge is 0.361 e. The second kappa shape index (κ2) is 8.15. The van der Waals surface area contributed by atoms with E-state index < -0.39 is 6.35 Å². The fraction of sp³-hybridized carbons (Fsp3) is 0.545. The van der Waals surface area contributed by atoms with Crippen molar-refractivity contribution in [2.75, 3.05) is 25.5 Å². The Hall–Kier alpha value is -2.02. The molecule has 1 aromatic heterocycles. The van der Waals surface area contributed by atoms with Gasteiger partial charge in [0.2, 0.25) is 0 Å². The number of aliphatic hydroxyl groups excluding tert-OH is 1. The third-order valence-electron chi connectivity index (χ3n) is 6.20. The number of aryl methyl sites for hydroxylation is 1. The van der Waals surface area contributed by atoms with E-state index in [0.717, 1.165) is 25.0 Å². The van der Waals surface area contributed by atoms with Gasteiger partial charge in [0, 0.05) is 17.6 Å². The molecular weight excluding hydrogens is 350 g/mol. The molecule has 6 heteroatoms. The molecule has 0 aliphatic carbocycles. The van der Waals surface area contributed by atoms with Gasteiger partial charge in [-0.05, 0) is 52.8 Å². The van der Waals surface area contributed by atoms with E-state index in [0.29, 0.717) is 12.4 Å². The van der Waals surface area contributed by atoms with E-state index in [-0.39, 0.29) is 11.1 Å². The predicted octanol–water partition coefficient (Wildman–Crippen LogP) is 2.88. The minimum absolute atomic E-state index is 0.0337. The first kappa shape index (κ1) is 20.7. The molecule has 3 atom stereocenters. The maximum atomic E-state index is 10.6. The molecule has 0 spiro atoms. The van der Waals surface area contributed by atoms with Crippen molar-refractivity contribution < 1.29 is 5.11 Å². The molecule has 0 radical (unpaired) electrons. The quantitative estimate of drug-likeness (QED) is 0.767. The summed E-state index contributed by atoms with van der Waals surface area (Å²) in [6, 6.07) is 10.7. The molecule has 0 amide bonds. The fourth-order valence-corrected chi connectivity index (χ4v) is 4.34. The number of anilines is 1. The zero-order valence-corrected chi connectivity index (χ0v) is 17.7. The number of benzene rings is 1. The highest BCUT2D eigenvalue weighted by Gasteiger charge is 2.42. The number of nitrogens with zero attached hydrogens (tertiary/aromatic N) is 4. The topological polar surface area (TPSA) is 64.5 Å². The lowest BCUT2D eigenvalue weighted by Gasteiger charge is -2.42. The van der Waals surface area contributed by atoms with Crippen molar-refractivity contribution in [3.63, 3.8) is 0 Å². The summed E-state index contributed by atoms with van der Waals surface area (Å²) in [4.78, 5) is 13.0. The molecule has 0 saturated carbocycles. The highest BCUT2D eigenvalue weighted by Crippen LogP contribution is 2.38. The second-order valence-corrected chi connectivity index (χ2v) is 8.37. The summed E-state index contributed by atoms with van der Waals surface area (Å²) in [5.74, 6) is 0.701. The van der Waals surface area contributed by atoms with E-state index in [1.807, 2.05) is 11.8 Å². The molecule has 0 bridgehead atoms. The first-order valence-electron chi connectivity index (χ1n) is 10.0. The Morgan fingerprint density at radius 3 is 2.54 bits per heavy atom. The third kappa shape index (κ3) is 4.04. The zero-order valence-electron chi connectivity index (χ0n) is 17.7. The van der Waals surface area contributed by atoms with Crippen LogP contribution in [0, 0.1) is 6.92 Å². The predicted molar refractivity (Wildman–Crippen MR) is 113 cm³/mol. The number of hydrogen-bond donors (Lipinski definition) is 2. The van der Waals surface area contributed by atoms with Gasteiger partial charge in [-0.1, -0.05) is 37.3 Å². The van der Waals surface area contributed by atoms with Crippen molar-refractivity contribution in [2.45, 2.75) is 57.5 Å². The Bertz CT molecular complexity index is 766. The van der Waals surface area contributed by atoms with Crippen LogP contribution >= 0.6 is 0 Å². The maximum Gasteiger partial charge on any atom is 0.185 e. The first-order chi connectivity index (χ1) is 13.3. The van der Waals surface area contributed by atoms with Crippen molar-refractivity contribution in [1.82, 2.24) is 20.2 Å². The monoisotopic (exact) mass is 383 g/mol. The molecule has 1 aliphatic heterocycles. The van der Waals surface area contributed by atoms with Crippen LogP contribution in [0.4, 0.5) is 5.82 Å². The molecule has 1 saturated heterocycles. The van der Waals surface area contributed by atoms with Gasteiger partial charge in [0.15, 0.2) is 6.35 Å². The van der Waals surface area contributed by atoms with Crippen molar-refractivity contribution in [1.29, 1.82) is 0 Å². The highest BCUT2D eigenvalue weighted by atomic mass is 16.3. The summed E-state index contributed by atoms with van der Waals surface area (Å²) in [6.07, 6.45) is 5.66. The van der Waals surface area contributed by atoms with Gasteiger partial charge in [-0.25, -0.2) is 4.98 Å². The average Bonchev–Trinajstić information content (AvgIpc) is 2.99. The van der Waals surface area contributed by atoms with Crippen LogP contribution in [0.15, 0.2) is 42.7 Å². The molecule has 28 heavy (non-hydrogen) atoms. The van der Waals surface area contributed by atoms with Gasteiger partial charge < -0.3 is 10.0 Å². The Morgan fingerprint density at radius 2 is 1.96 bits per heavy atom. The summed E-state index contributed by atoms with van der Waals surface area (Å²) in [5, 5.41) is 14.0.